The SMILES string of the molecule is O=P(c1ccccc1)(c1ccccc1)c1ccc(C=Cc2ccccc2)cc1. The van der Waals surface area contributed by atoms with Crippen LogP contribution in [0, 0.1) is 0 Å². The molecule has 0 aliphatic carbocycles. The van der Waals surface area contributed by atoms with Crippen molar-refractivity contribution in [1.82, 2.24) is 0 Å². The fourth-order valence-corrected chi connectivity index (χ4v) is 5.92. The lowest BCUT2D eigenvalue weighted by Crippen LogP contribution is -2.24. The molecule has 4 aromatic rings. The Kier molecular flexibility index (Phi) is 5.37. The van der Waals surface area contributed by atoms with E-state index in [1.165, 1.54) is 0 Å². The smallest absolute Gasteiger partial charge is 0.171 e. The van der Waals surface area contributed by atoms with E-state index in [1.807, 2.05) is 103 Å². The first-order valence-corrected chi connectivity index (χ1v) is 11.0. The van der Waals surface area contributed by atoms with Crippen molar-refractivity contribution in [3.05, 3.63) is 126 Å². The van der Waals surface area contributed by atoms with Gasteiger partial charge in [-0.1, -0.05) is 127 Å². The third-order valence-corrected chi connectivity index (χ3v) is 7.84. The molecular formula is C26H21OP. The molecule has 0 heterocycles. The van der Waals surface area contributed by atoms with Gasteiger partial charge in [-0.3, -0.25) is 0 Å². The summed E-state index contributed by atoms with van der Waals surface area (Å²) in [5.74, 6) is 0. The van der Waals surface area contributed by atoms with Crippen LogP contribution in [0.25, 0.3) is 12.2 Å². The highest BCUT2D eigenvalue weighted by molar-refractivity contribution is 7.85. The number of rotatable bonds is 5. The van der Waals surface area contributed by atoms with E-state index in [0.717, 1.165) is 27.0 Å². The Morgan fingerprint density at radius 2 is 0.786 bits per heavy atom. The van der Waals surface area contributed by atoms with Crippen LogP contribution < -0.4 is 15.9 Å². The molecule has 28 heavy (non-hydrogen) atoms. The summed E-state index contributed by atoms with van der Waals surface area (Å²) >= 11 is 0. The predicted molar refractivity (Wildman–Crippen MR) is 121 cm³/mol. The summed E-state index contributed by atoms with van der Waals surface area (Å²) in [6.07, 6.45) is 4.16. The molecule has 0 atom stereocenters. The third kappa shape index (κ3) is 3.76. The number of hydrogen-bond acceptors (Lipinski definition) is 1. The quantitative estimate of drug-likeness (QED) is 0.330. The molecule has 0 spiro atoms. The lowest BCUT2D eigenvalue weighted by atomic mass is 10.1. The Bertz CT molecular complexity index is 1060. The molecule has 0 aliphatic heterocycles. The second-order valence-corrected chi connectivity index (χ2v) is 9.38. The molecule has 0 unspecified atom stereocenters. The molecule has 0 N–H and O–H groups in total. The summed E-state index contributed by atoms with van der Waals surface area (Å²) in [4.78, 5) is 0. The summed E-state index contributed by atoms with van der Waals surface area (Å²) in [5, 5.41) is 2.56. The van der Waals surface area contributed by atoms with Crippen LogP contribution in [0.15, 0.2) is 115 Å². The topological polar surface area (TPSA) is 17.1 Å². The number of hydrogen-bond donors (Lipinski definition) is 0. The van der Waals surface area contributed by atoms with Gasteiger partial charge in [0.05, 0.1) is 0 Å². The maximum Gasteiger partial charge on any atom is 0.171 e. The molecule has 0 radical (unpaired) electrons. The van der Waals surface area contributed by atoms with Crippen molar-refractivity contribution in [2.24, 2.45) is 0 Å². The van der Waals surface area contributed by atoms with Gasteiger partial charge < -0.3 is 4.57 Å². The van der Waals surface area contributed by atoms with Crippen molar-refractivity contribution in [3.63, 3.8) is 0 Å². The first-order valence-electron chi connectivity index (χ1n) is 9.32. The van der Waals surface area contributed by atoms with E-state index in [-0.39, 0.29) is 0 Å². The molecule has 4 aromatic carbocycles. The first kappa shape index (κ1) is 18.2. The lowest BCUT2D eigenvalue weighted by molar-refractivity contribution is 0.592. The van der Waals surface area contributed by atoms with E-state index in [9.17, 15) is 4.57 Å². The maximum atomic E-state index is 14.3. The van der Waals surface area contributed by atoms with Crippen LogP contribution in [0.1, 0.15) is 11.1 Å². The van der Waals surface area contributed by atoms with Crippen molar-refractivity contribution >= 4 is 35.2 Å². The summed E-state index contributed by atoms with van der Waals surface area (Å²) in [6.45, 7) is 0. The standard InChI is InChI=1S/C26H21OP/c27-28(24-12-6-2-7-13-24,25-14-8-3-9-15-25)26-20-18-23(19-21-26)17-16-22-10-4-1-5-11-22/h1-21H. The summed E-state index contributed by atoms with van der Waals surface area (Å²) in [5.41, 5.74) is 2.24. The van der Waals surface area contributed by atoms with Crippen LogP contribution in [0.3, 0.4) is 0 Å². The monoisotopic (exact) mass is 380 g/mol. The zero-order chi connectivity index (χ0) is 19.2. The molecule has 0 aromatic heterocycles. The van der Waals surface area contributed by atoms with Gasteiger partial charge in [0.1, 0.15) is 0 Å². The normalized spacial score (nSPS) is 11.6. The molecule has 1 nitrogen and oxygen atoms in total. The van der Waals surface area contributed by atoms with E-state index in [1.54, 1.807) is 0 Å². The van der Waals surface area contributed by atoms with Crippen LogP contribution in [-0.4, -0.2) is 0 Å². The van der Waals surface area contributed by atoms with E-state index in [4.69, 9.17) is 0 Å². The minimum atomic E-state index is -2.90. The first-order chi connectivity index (χ1) is 13.8. The number of benzene rings is 4. The van der Waals surface area contributed by atoms with Crippen molar-refractivity contribution in [3.8, 4) is 0 Å². The second-order valence-electron chi connectivity index (χ2n) is 6.62. The van der Waals surface area contributed by atoms with Crippen molar-refractivity contribution in [2.75, 3.05) is 0 Å². The van der Waals surface area contributed by atoms with Gasteiger partial charge in [-0.2, -0.15) is 0 Å². The molecule has 0 aliphatic rings. The van der Waals surface area contributed by atoms with E-state index >= 15 is 0 Å². The molecule has 0 saturated carbocycles. The van der Waals surface area contributed by atoms with Crippen LogP contribution in [0.4, 0.5) is 0 Å². The Hall–Kier alpha value is -3.15. The summed E-state index contributed by atoms with van der Waals surface area (Å²) in [6, 6.07) is 37.8. The lowest BCUT2D eigenvalue weighted by Gasteiger charge is -2.20. The Balaban J connectivity index is 1.72. The minimum Gasteiger partial charge on any atom is -0.309 e. The zero-order valence-electron chi connectivity index (χ0n) is 15.5. The van der Waals surface area contributed by atoms with Crippen molar-refractivity contribution < 1.29 is 4.57 Å². The molecule has 0 saturated heterocycles. The van der Waals surface area contributed by atoms with Crippen molar-refractivity contribution in [1.29, 1.82) is 0 Å². The van der Waals surface area contributed by atoms with Crippen LogP contribution >= 0.6 is 7.14 Å². The van der Waals surface area contributed by atoms with E-state index < -0.39 is 7.14 Å². The van der Waals surface area contributed by atoms with Gasteiger partial charge in [-0.15, -0.1) is 0 Å². The average molecular weight is 380 g/mol. The predicted octanol–water partition coefficient (Wildman–Crippen LogP) is 5.50. The van der Waals surface area contributed by atoms with Gasteiger partial charge in [0.15, 0.2) is 7.14 Å². The zero-order valence-corrected chi connectivity index (χ0v) is 16.4. The van der Waals surface area contributed by atoms with E-state index in [0.29, 0.717) is 0 Å². The average Bonchev–Trinajstić information content (AvgIpc) is 2.79. The molecule has 0 fully saturated rings. The fourth-order valence-electron chi connectivity index (χ4n) is 3.28. The minimum absolute atomic E-state index is 0.849. The van der Waals surface area contributed by atoms with Crippen LogP contribution in [0.5, 0.6) is 0 Å². The van der Waals surface area contributed by atoms with Gasteiger partial charge in [-0.25, -0.2) is 0 Å². The fraction of sp³-hybridized carbons (Fsp3) is 0. The highest BCUT2D eigenvalue weighted by Gasteiger charge is 2.29. The van der Waals surface area contributed by atoms with Gasteiger partial charge in [0, 0.05) is 15.9 Å². The molecule has 0 bridgehead atoms. The van der Waals surface area contributed by atoms with Gasteiger partial charge in [-0.05, 0) is 11.1 Å². The maximum absolute atomic E-state index is 14.3. The molecule has 2 heteroatoms. The molecular weight excluding hydrogens is 359 g/mol. The summed E-state index contributed by atoms with van der Waals surface area (Å²) in [7, 11) is -2.90. The Morgan fingerprint density at radius 3 is 1.25 bits per heavy atom. The Labute approximate surface area is 166 Å². The van der Waals surface area contributed by atoms with Gasteiger partial charge in [0.2, 0.25) is 0 Å². The second kappa shape index (κ2) is 8.25. The van der Waals surface area contributed by atoms with E-state index in [2.05, 4.69) is 24.3 Å². The third-order valence-electron chi connectivity index (χ3n) is 4.76. The van der Waals surface area contributed by atoms with Crippen LogP contribution in [0.2, 0.25) is 0 Å². The molecule has 136 valence electrons. The van der Waals surface area contributed by atoms with Gasteiger partial charge >= 0.3 is 0 Å². The molecule has 0 amide bonds. The highest BCUT2D eigenvalue weighted by Crippen LogP contribution is 2.42. The largest absolute Gasteiger partial charge is 0.309 e. The summed E-state index contributed by atoms with van der Waals surface area (Å²) < 4.78 is 14.3. The molecule has 4 rings (SSSR count). The highest BCUT2D eigenvalue weighted by atomic mass is 31.2. The van der Waals surface area contributed by atoms with Crippen molar-refractivity contribution in [2.45, 2.75) is 0 Å². The Morgan fingerprint density at radius 1 is 0.429 bits per heavy atom. The van der Waals surface area contributed by atoms with Gasteiger partial charge in [0.25, 0.3) is 0 Å². The van der Waals surface area contributed by atoms with Crippen LogP contribution in [-0.2, 0) is 4.57 Å².